The number of carbonyl (C=O) groups excluding carboxylic acids is 3. The number of imide groups is 1. The number of likely N-dealkylation sites (tertiary alicyclic amines) is 2. The Labute approximate surface area is 238 Å². The number of benzene rings is 2. The fraction of sp³-hybridized carbons (Fsp3) is 0.452. The minimum absolute atomic E-state index is 0.0623. The Morgan fingerprint density at radius 1 is 1.02 bits per heavy atom. The van der Waals surface area contributed by atoms with E-state index in [4.69, 9.17) is 14.7 Å². The van der Waals surface area contributed by atoms with Gasteiger partial charge < -0.3 is 14.5 Å². The van der Waals surface area contributed by atoms with Crippen LogP contribution in [0.4, 0.5) is 0 Å². The molecule has 0 aliphatic carbocycles. The highest BCUT2D eigenvalue weighted by molar-refractivity contribution is 6.05. The molecule has 212 valence electrons. The lowest BCUT2D eigenvalue weighted by Crippen LogP contribution is -2.52. The van der Waals surface area contributed by atoms with Crippen molar-refractivity contribution in [2.45, 2.75) is 56.8 Å². The lowest BCUT2D eigenvalue weighted by atomic mass is 10.0. The van der Waals surface area contributed by atoms with Gasteiger partial charge in [0.2, 0.25) is 11.8 Å². The number of likely N-dealkylation sites (N-methyl/N-ethyl adjacent to an activating group) is 1. The Morgan fingerprint density at radius 3 is 2.76 bits per heavy atom. The number of fused-ring (bicyclic) bond motifs is 2. The number of ether oxygens (including phenoxy) is 1. The molecule has 0 radical (unpaired) electrons. The van der Waals surface area contributed by atoms with E-state index in [-0.39, 0.29) is 24.3 Å². The number of nitrogens with one attached hydrogen (secondary N) is 1. The van der Waals surface area contributed by atoms with Crippen LogP contribution in [-0.2, 0) is 22.7 Å². The summed E-state index contributed by atoms with van der Waals surface area (Å²) in [6.45, 7) is 5.07. The second-order valence-corrected chi connectivity index (χ2v) is 11.9. The molecule has 3 saturated heterocycles. The zero-order valence-corrected chi connectivity index (χ0v) is 23.2. The van der Waals surface area contributed by atoms with Crippen LogP contribution in [0.25, 0.3) is 10.9 Å². The number of carbonyl (C=O) groups is 3. The first-order chi connectivity index (χ1) is 19.9. The first kappa shape index (κ1) is 26.0. The molecule has 3 amide bonds. The van der Waals surface area contributed by atoms with E-state index in [1.165, 1.54) is 5.56 Å². The van der Waals surface area contributed by atoms with Crippen molar-refractivity contribution in [3.05, 3.63) is 65.1 Å². The van der Waals surface area contributed by atoms with E-state index in [1.54, 1.807) is 11.0 Å². The molecule has 0 spiro atoms. The van der Waals surface area contributed by atoms with Gasteiger partial charge in [-0.2, -0.15) is 0 Å². The lowest BCUT2D eigenvalue weighted by Gasteiger charge is -2.29. The maximum absolute atomic E-state index is 13.0. The normalized spacial score (nSPS) is 25.2. The summed E-state index contributed by atoms with van der Waals surface area (Å²) in [5.74, 6) is 1.25. The summed E-state index contributed by atoms with van der Waals surface area (Å²) in [5, 5.41) is 3.42. The van der Waals surface area contributed by atoms with Crippen molar-refractivity contribution in [2.24, 2.45) is 0 Å². The van der Waals surface area contributed by atoms with E-state index in [0.717, 1.165) is 73.6 Å². The predicted molar refractivity (Wildman–Crippen MR) is 151 cm³/mol. The predicted octanol–water partition coefficient (Wildman–Crippen LogP) is 2.46. The monoisotopic (exact) mass is 554 g/mol. The van der Waals surface area contributed by atoms with Gasteiger partial charge >= 0.3 is 0 Å². The third kappa shape index (κ3) is 5.17. The lowest BCUT2D eigenvalue weighted by molar-refractivity contribution is -0.136. The summed E-state index contributed by atoms with van der Waals surface area (Å²) in [7, 11) is 2.15. The molecule has 1 unspecified atom stereocenters. The van der Waals surface area contributed by atoms with Gasteiger partial charge in [0.1, 0.15) is 23.7 Å². The van der Waals surface area contributed by atoms with Gasteiger partial charge in [0.25, 0.3) is 5.91 Å². The summed E-state index contributed by atoms with van der Waals surface area (Å²) in [4.78, 5) is 52.7. The summed E-state index contributed by atoms with van der Waals surface area (Å²) < 4.78 is 6.34. The zero-order chi connectivity index (χ0) is 28.1. The van der Waals surface area contributed by atoms with Crippen LogP contribution in [0.3, 0.4) is 0 Å². The maximum atomic E-state index is 13.0. The van der Waals surface area contributed by atoms with Crippen LogP contribution in [0.1, 0.15) is 58.9 Å². The van der Waals surface area contributed by atoms with Crippen LogP contribution in [0.5, 0.6) is 5.75 Å². The van der Waals surface area contributed by atoms with Crippen LogP contribution >= 0.6 is 0 Å². The third-order valence-electron chi connectivity index (χ3n) is 8.85. The molecule has 7 rings (SSSR count). The van der Waals surface area contributed by atoms with Crippen LogP contribution in [0.2, 0.25) is 0 Å². The molecule has 3 fully saturated rings. The van der Waals surface area contributed by atoms with Crippen molar-refractivity contribution in [1.82, 2.24) is 30.0 Å². The number of aromatic nitrogens is 2. The molecule has 41 heavy (non-hydrogen) atoms. The van der Waals surface area contributed by atoms with E-state index in [9.17, 15) is 14.4 Å². The van der Waals surface area contributed by atoms with Gasteiger partial charge in [0, 0.05) is 62.2 Å². The molecule has 10 heteroatoms. The van der Waals surface area contributed by atoms with Gasteiger partial charge in [-0.3, -0.25) is 24.6 Å². The molecule has 0 saturated carbocycles. The number of nitrogens with zero attached hydrogens (tertiary/aromatic N) is 5. The molecule has 0 bridgehead atoms. The SMILES string of the molecule is CN1CC[C@@H](c2ncc3cc(CN4CC[C@H](Oc5ccc6c(c5)CN(C5CCC(=O)NC5=O)C6=O)C4)ccc3n2)C1. The minimum Gasteiger partial charge on any atom is -0.489 e. The summed E-state index contributed by atoms with van der Waals surface area (Å²) in [6.07, 6.45) is 4.67. The zero-order valence-electron chi connectivity index (χ0n) is 23.2. The number of piperidine rings is 1. The van der Waals surface area contributed by atoms with E-state index in [1.807, 2.05) is 18.3 Å². The maximum Gasteiger partial charge on any atom is 0.255 e. The highest BCUT2D eigenvalue weighted by Gasteiger charge is 2.39. The van der Waals surface area contributed by atoms with Gasteiger partial charge in [-0.05, 0) is 74.3 Å². The topological polar surface area (TPSA) is 108 Å². The van der Waals surface area contributed by atoms with Crippen molar-refractivity contribution in [3.8, 4) is 5.75 Å². The third-order valence-corrected chi connectivity index (χ3v) is 8.85. The van der Waals surface area contributed by atoms with Crippen molar-refractivity contribution in [3.63, 3.8) is 0 Å². The highest BCUT2D eigenvalue weighted by Crippen LogP contribution is 2.31. The average Bonchev–Trinajstić information content (AvgIpc) is 3.67. The second kappa shape index (κ2) is 10.5. The first-order valence-electron chi connectivity index (χ1n) is 14.5. The fourth-order valence-electron chi connectivity index (χ4n) is 6.65. The molecule has 1 N–H and O–H groups in total. The number of amides is 3. The Morgan fingerprint density at radius 2 is 1.93 bits per heavy atom. The Balaban J connectivity index is 0.960. The average molecular weight is 555 g/mol. The molecule has 1 aromatic heterocycles. The molecule has 5 heterocycles. The number of hydrogen-bond donors (Lipinski definition) is 1. The Bertz CT molecular complexity index is 1540. The van der Waals surface area contributed by atoms with Gasteiger partial charge in [0.15, 0.2) is 0 Å². The first-order valence-corrected chi connectivity index (χ1v) is 14.5. The van der Waals surface area contributed by atoms with E-state index >= 15 is 0 Å². The van der Waals surface area contributed by atoms with Crippen LogP contribution in [0, 0.1) is 0 Å². The van der Waals surface area contributed by atoms with Crippen molar-refractivity contribution in [1.29, 1.82) is 0 Å². The molecule has 3 aromatic rings. The second-order valence-electron chi connectivity index (χ2n) is 11.9. The smallest absolute Gasteiger partial charge is 0.255 e. The summed E-state index contributed by atoms with van der Waals surface area (Å²) in [6, 6.07) is 11.4. The molecule has 2 aromatic carbocycles. The molecule has 4 aliphatic heterocycles. The van der Waals surface area contributed by atoms with Gasteiger partial charge in [0.05, 0.1) is 5.52 Å². The number of hydrogen-bond acceptors (Lipinski definition) is 8. The molecule has 4 aliphatic rings. The van der Waals surface area contributed by atoms with Gasteiger partial charge in [-0.15, -0.1) is 0 Å². The van der Waals surface area contributed by atoms with E-state index < -0.39 is 11.9 Å². The largest absolute Gasteiger partial charge is 0.489 e. The standard InChI is InChI=1S/C31H34N6O4/c1-35-10-8-20(16-35)29-32-14-21-12-19(2-5-26(21)33-29)15-36-11-9-24(18-36)41-23-3-4-25-22(13-23)17-37(31(25)40)27-6-7-28(38)34-30(27)39/h2-5,12-14,20,24,27H,6-11,15-18H2,1H3,(H,34,38,39)/t20-,24+,27?/m1/s1. The molecular weight excluding hydrogens is 520 g/mol. The van der Waals surface area contributed by atoms with Crippen molar-refractivity contribution < 1.29 is 19.1 Å². The van der Waals surface area contributed by atoms with Gasteiger partial charge in [-0.1, -0.05) is 6.07 Å². The van der Waals surface area contributed by atoms with Crippen LogP contribution in [-0.4, -0.2) is 87.8 Å². The quantitative estimate of drug-likeness (QED) is 0.463. The van der Waals surface area contributed by atoms with Crippen molar-refractivity contribution >= 4 is 28.6 Å². The summed E-state index contributed by atoms with van der Waals surface area (Å²) >= 11 is 0. The minimum atomic E-state index is -0.613. The molecule has 3 atom stereocenters. The molecule has 10 nitrogen and oxygen atoms in total. The fourth-order valence-corrected chi connectivity index (χ4v) is 6.65. The Kier molecular flexibility index (Phi) is 6.67. The molecular formula is C31H34N6O4. The highest BCUT2D eigenvalue weighted by atomic mass is 16.5. The van der Waals surface area contributed by atoms with Gasteiger partial charge in [-0.25, -0.2) is 9.97 Å². The number of rotatable bonds is 6. The van der Waals surface area contributed by atoms with Crippen molar-refractivity contribution in [2.75, 3.05) is 33.2 Å². The van der Waals surface area contributed by atoms with E-state index in [0.29, 0.717) is 24.4 Å². The van der Waals surface area contributed by atoms with Crippen LogP contribution < -0.4 is 10.1 Å². The Hall–Kier alpha value is -3.89. The van der Waals surface area contributed by atoms with Crippen LogP contribution in [0.15, 0.2) is 42.6 Å². The summed E-state index contributed by atoms with van der Waals surface area (Å²) in [5.41, 5.74) is 3.69. The van der Waals surface area contributed by atoms with E-state index in [2.05, 4.69) is 40.4 Å².